The summed E-state index contributed by atoms with van der Waals surface area (Å²) in [6, 6.07) is 26.6. The highest BCUT2D eigenvalue weighted by atomic mass is 127. The molecule has 5 aromatic rings. The highest BCUT2D eigenvalue weighted by Gasteiger charge is 2.13. The van der Waals surface area contributed by atoms with Crippen LogP contribution in [0, 0.1) is 10.5 Å². The van der Waals surface area contributed by atoms with Crippen molar-refractivity contribution in [1.29, 1.82) is 0 Å². The standard InChI is InChI=1S/C32H26ClIN4O3S/c1-20-7-13-25(14-8-20)36-32-37-28(19-42-32)22-9-11-23(12-10-22)31(39)38-35-17-21-15-27(34)30(29(16-21)40-2)41-18-24-5-3-4-6-26(24)33/h3-17,19H,18H2,1-2H3,(H,36,37)(H,38,39)/b35-17-. The molecule has 0 fully saturated rings. The third-order valence-corrected chi connectivity index (χ3v) is 8.14. The van der Waals surface area contributed by atoms with Gasteiger partial charge in [0.2, 0.25) is 0 Å². The number of hydrogen-bond acceptors (Lipinski definition) is 7. The van der Waals surface area contributed by atoms with Gasteiger partial charge in [-0.05, 0) is 77.5 Å². The molecule has 0 aliphatic rings. The van der Waals surface area contributed by atoms with Gasteiger partial charge in [-0.1, -0.05) is 59.6 Å². The lowest BCUT2D eigenvalue weighted by Crippen LogP contribution is -2.17. The monoisotopic (exact) mass is 708 g/mol. The Morgan fingerprint density at radius 3 is 2.57 bits per heavy atom. The number of ether oxygens (including phenoxy) is 2. The fraction of sp³-hybridized carbons (Fsp3) is 0.0938. The number of halogens is 2. The van der Waals surface area contributed by atoms with E-state index in [1.807, 2.05) is 60.0 Å². The highest BCUT2D eigenvalue weighted by Crippen LogP contribution is 2.34. The van der Waals surface area contributed by atoms with Crippen LogP contribution in [0.1, 0.15) is 27.0 Å². The van der Waals surface area contributed by atoms with Gasteiger partial charge >= 0.3 is 0 Å². The first kappa shape index (κ1) is 29.6. The Bertz CT molecular complexity index is 1720. The summed E-state index contributed by atoms with van der Waals surface area (Å²) < 4.78 is 12.4. The smallest absolute Gasteiger partial charge is 0.271 e. The molecule has 0 atom stereocenters. The van der Waals surface area contributed by atoms with Crippen LogP contribution in [0.3, 0.4) is 0 Å². The number of benzene rings is 4. The molecule has 0 unspecified atom stereocenters. The molecule has 212 valence electrons. The molecule has 0 radical (unpaired) electrons. The van der Waals surface area contributed by atoms with Crippen molar-refractivity contribution in [3.05, 3.63) is 121 Å². The maximum atomic E-state index is 12.7. The summed E-state index contributed by atoms with van der Waals surface area (Å²) in [5.74, 6) is 0.841. The molecule has 0 bridgehead atoms. The second-order valence-corrected chi connectivity index (χ2v) is 11.6. The van der Waals surface area contributed by atoms with Crippen molar-refractivity contribution in [1.82, 2.24) is 10.4 Å². The van der Waals surface area contributed by atoms with Crippen LogP contribution < -0.4 is 20.2 Å². The summed E-state index contributed by atoms with van der Waals surface area (Å²) in [7, 11) is 1.58. The van der Waals surface area contributed by atoms with Gasteiger partial charge in [0.15, 0.2) is 16.6 Å². The third kappa shape index (κ3) is 7.47. The van der Waals surface area contributed by atoms with Crippen LogP contribution in [-0.2, 0) is 6.61 Å². The lowest BCUT2D eigenvalue weighted by Gasteiger charge is -2.14. The summed E-state index contributed by atoms with van der Waals surface area (Å²) in [6.45, 7) is 2.36. The van der Waals surface area contributed by atoms with Gasteiger partial charge in [-0.3, -0.25) is 4.79 Å². The molecule has 42 heavy (non-hydrogen) atoms. The molecule has 10 heteroatoms. The van der Waals surface area contributed by atoms with E-state index in [1.54, 1.807) is 31.5 Å². The van der Waals surface area contributed by atoms with E-state index in [0.717, 1.165) is 36.8 Å². The van der Waals surface area contributed by atoms with E-state index in [-0.39, 0.29) is 5.91 Å². The zero-order chi connectivity index (χ0) is 29.5. The van der Waals surface area contributed by atoms with Gasteiger partial charge < -0.3 is 14.8 Å². The first-order valence-electron chi connectivity index (χ1n) is 12.9. The van der Waals surface area contributed by atoms with Gasteiger partial charge in [0.1, 0.15) is 6.61 Å². The van der Waals surface area contributed by atoms with Gasteiger partial charge in [-0.25, -0.2) is 10.4 Å². The molecule has 0 aliphatic heterocycles. The zero-order valence-corrected chi connectivity index (χ0v) is 26.5. The third-order valence-electron chi connectivity index (χ3n) is 6.21. The summed E-state index contributed by atoms with van der Waals surface area (Å²) in [6.07, 6.45) is 1.56. The fourth-order valence-corrected chi connectivity index (χ4v) is 5.68. The summed E-state index contributed by atoms with van der Waals surface area (Å²) >= 11 is 9.96. The number of nitrogens with zero attached hydrogens (tertiary/aromatic N) is 2. The molecule has 0 spiro atoms. The van der Waals surface area contributed by atoms with Crippen molar-refractivity contribution in [2.24, 2.45) is 5.10 Å². The molecular formula is C32H26ClIN4O3S. The minimum atomic E-state index is -0.320. The number of anilines is 2. The Labute approximate surface area is 266 Å². The number of amides is 1. The first-order valence-corrected chi connectivity index (χ1v) is 15.2. The van der Waals surface area contributed by atoms with Crippen LogP contribution in [-0.4, -0.2) is 24.2 Å². The fourth-order valence-electron chi connectivity index (χ4n) is 3.97. The SMILES string of the molecule is COc1cc(/C=N\NC(=O)c2ccc(-c3csc(Nc4ccc(C)cc4)n3)cc2)cc(I)c1OCc1ccccc1Cl. The summed E-state index contributed by atoms with van der Waals surface area (Å²) in [5, 5.41) is 10.9. The number of carbonyl (C=O) groups excluding carboxylic acids is 1. The number of nitrogens with one attached hydrogen (secondary N) is 2. The maximum Gasteiger partial charge on any atom is 0.271 e. The molecule has 1 heterocycles. The average molecular weight is 709 g/mol. The summed E-state index contributed by atoms with van der Waals surface area (Å²) in [4.78, 5) is 17.4. The highest BCUT2D eigenvalue weighted by molar-refractivity contribution is 14.1. The molecule has 0 saturated heterocycles. The summed E-state index contributed by atoms with van der Waals surface area (Å²) in [5.41, 5.74) is 8.64. The number of methoxy groups -OCH3 is 1. The zero-order valence-electron chi connectivity index (χ0n) is 22.7. The van der Waals surface area contributed by atoms with E-state index in [2.05, 4.69) is 62.5 Å². The van der Waals surface area contributed by atoms with Gasteiger partial charge in [0.05, 0.1) is 22.6 Å². The topological polar surface area (TPSA) is 84.8 Å². The van der Waals surface area contributed by atoms with E-state index in [0.29, 0.717) is 28.7 Å². The number of rotatable bonds is 10. The molecule has 4 aromatic carbocycles. The lowest BCUT2D eigenvalue weighted by molar-refractivity contribution is 0.0955. The normalized spacial score (nSPS) is 11.0. The predicted octanol–water partition coefficient (Wildman–Crippen LogP) is 8.47. The number of hydrazone groups is 1. The van der Waals surface area contributed by atoms with Crippen LogP contribution >= 0.6 is 45.5 Å². The Morgan fingerprint density at radius 1 is 1.07 bits per heavy atom. The van der Waals surface area contributed by atoms with Crippen LogP contribution in [0.15, 0.2) is 95.4 Å². The molecule has 2 N–H and O–H groups in total. The number of aryl methyl sites for hydroxylation is 1. The molecular weight excluding hydrogens is 683 g/mol. The Kier molecular flexibility index (Phi) is 9.73. The molecule has 5 rings (SSSR count). The maximum absolute atomic E-state index is 12.7. The molecule has 0 saturated carbocycles. The van der Waals surface area contributed by atoms with E-state index in [4.69, 9.17) is 21.1 Å². The first-order chi connectivity index (χ1) is 20.4. The quantitative estimate of drug-likeness (QED) is 0.0864. The average Bonchev–Trinajstić information content (AvgIpc) is 3.47. The van der Waals surface area contributed by atoms with Crippen LogP contribution in [0.4, 0.5) is 10.8 Å². The minimum absolute atomic E-state index is 0.308. The van der Waals surface area contributed by atoms with Crippen molar-refractivity contribution in [2.75, 3.05) is 12.4 Å². The van der Waals surface area contributed by atoms with Crippen LogP contribution in [0.25, 0.3) is 11.3 Å². The van der Waals surface area contributed by atoms with Crippen LogP contribution in [0.5, 0.6) is 11.5 Å². The van der Waals surface area contributed by atoms with Gasteiger partial charge in [0, 0.05) is 32.8 Å². The second-order valence-electron chi connectivity index (χ2n) is 9.22. The van der Waals surface area contributed by atoms with Crippen molar-refractivity contribution in [2.45, 2.75) is 13.5 Å². The number of hydrogen-bond donors (Lipinski definition) is 2. The molecule has 1 aromatic heterocycles. The number of carbonyl (C=O) groups is 1. The molecule has 0 aliphatic carbocycles. The van der Waals surface area contributed by atoms with Crippen molar-refractivity contribution in [3.63, 3.8) is 0 Å². The minimum Gasteiger partial charge on any atom is -0.493 e. The van der Waals surface area contributed by atoms with Crippen molar-refractivity contribution < 1.29 is 14.3 Å². The second kappa shape index (κ2) is 13.8. The van der Waals surface area contributed by atoms with Crippen molar-refractivity contribution in [3.8, 4) is 22.8 Å². The largest absolute Gasteiger partial charge is 0.493 e. The predicted molar refractivity (Wildman–Crippen MR) is 179 cm³/mol. The van der Waals surface area contributed by atoms with Crippen LogP contribution in [0.2, 0.25) is 5.02 Å². The van der Waals surface area contributed by atoms with Crippen molar-refractivity contribution >= 4 is 68.5 Å². The van der Waals surface area contributed by atoms with E-state index in [1.165, 1.54) is 16.9 Å². The van der Waals surface area contributed by atoms with Gasteiger partial charge in [-0.15, -0.1) is 11.3 Å². The van der Waals surface area contributed by atoms with E-state index < -0.39 is 0 Å². The Hall–Kier alpha value is -3.93. The number of thiazole rings is 1. The molecule has 1 amide bonds. The van der Waals surface area contributed by atoms with Gasteiger partial charge in [0.25, 0.3) is 5.91 Å². The Morgan fingerprint density at radius 2 is 1.83 bits per heavy atom. The van der Waals surface area contributed by atoms with E-state index >= 15 is 0 Å². The molecule has 7 nitrogen and oxygen atoms in total. The lowest BCUT2D eigenvalue weighted by atomic mass is 10.1. The van der Waals surface area contributed by atoms with E-state index in [9.17, 15) is 4.79 Å². The Balaban J connectivity index is 1.19. The number of aromatic nitrogens is 1. The van der Waals surface area contributed by atoms with Gasteiger partial charge in [-0.2, -0.15) is 5.10 Å².